The fourth-order valence-electron chi connectivity index (χ4n) is 3.20. The van der Waals surface area contributed by atoms with Crippen LogP contribution in [-0.2, 0) is 11.2 Å². The summed E-state index contributed by atoms with van der Waals surface area (Å²) in [4.78, 5) is 16.3. The lowest BCUT2D eigenvalue weighted by atomic mass is 10.0. The Morgan fingerprint density at radius 3 is 2.38 bits per heavy atom. The first kappa shape index (κ1) is 17.1. The fraction of sp³-hybridized carbons (Fsp3) is 0.350. The van der Waals surface area contributed by atoms with E-state index in [1.807, 2.05) is 30.3 Å². The molecule has 126 valence electrons. The molecule has 3 nitrogen and oxygen atoms in total. The number of benzene rings is 2. The van der Waals surface area contributed by atoms with Crippen LogP contribution in [0.4, 0.5) is 0 Å². The second-order valence-electron chi connectivity index (χ2n) is 6.18. The van der Waals surface area contributed by atoms with Crippen LogP contribution in [0.25, 0.3) is 0 Å². The summed E-state index contributed by atoms with van der Waals surface area (Å²) >= 11 is 1.70. The number of hydrogen-bond donors (Lipinski definition) is 1. The summed E-state index contributed by atoms with van der Waals surface area (Å²) in [6.45, 7) is 1.79. The van der Waals surface area contributed by atoms with Crippen molar-refractivity contribution in [3.05, 3.63) is 60.2 Å². The van der Waals surface area contributed by atoms with Gasteiger partial charge in [-0.2, -0.15) is 0 Å². The Morgan fingerprint density at radius 1 is 1.00 bits per heavy atom. The smallest absolute Gasteiger partial charge is 0.321 e. The molecule has 1 fully saturated rings. The number of piperidine rings is 1. The zero-order valence-electron chi connectivity index (χ0n) is 13.7. The molecule has 0 radical (unpaired) electrons. The highest BCUT2D eigenvalue weighted by molar-refractivity contribution is 7.99. The molecule has 0 amide bonds. The van der Waals surface area contributed by atoms with Crippen LogP contribution in [0.1, 0.15) is 24.8 Å². The van der Waals surface area contributed by atoms with Gasteiger partial charge >= 0.3 is 5.97 Å². The average molecular weight is 341 g/mol. The van der Waals surface area contributed by atoms with Crippen LogP contribution in [0.2, 0.25) is 0 Å². The fourth-order valence-corrected chi connectivity index (χ4v) is 4.17. The van der Waals surface area contributed by atoms with Crippen molar-refractivity contribution in [2.75, 3.05) is 13.1 Å². The van der Waals surface area contributed by atoms with E-state index in [9.17, 15) is 9.90 Å². The van der Waals surface area contributed by atoms with Crippen molar-refractivity contribution < 1.29 is 9.90 Å². The molecule has 1 aliphatic rings. The lowest BCUT2D eigenvalue weighted by Crippen LogP contribution is -2.45. The molecule has 0 aliphatic carbocycles. The van der Waals surface area contributed by atoms with Gasteiger partial charge in [-0.15, -0.1) is 0 Å². The molecule has 2 aromatic carbocycles. The maximum Gasteiger partial charge on any atom is 0.321 e. The minimum absolute atomic E-state index is 0.428. The molecule has 1 heterocycles. The van der Waals surface area contributed by atoms with Gasteiger partial charge in [-0.3, -0.25) is 9.69 Å². The van der Waals surface area contributed by atoms with Crippen LogP contribution in [0.5, 0.6) is 0 Å². The van der Waals surface area contributed by atoms with E-state index in [-0.39, 0.29) is 0 Å². The Hall–Kier alpha value is -1.78. The van der Waals surface area contributed by atoms with Gasteiger partial charge in [-0.1, -0.05) is 54.6 Å². The number of hydrogen-bond acceptors (Lipinski definition) is 3. The molecule has 3 rings (SSSR count). The first-order chi connectivity index (χ1) is 11.7. The average Bonchev–Trinajstić information content (AvgIpc) is 2.62. The monoisotopic (exact) mass is 341 g/mol. The van der Waals surface area contributed by atoms with Crippen molar-refractivity contribution in [1.82, 2.24) is 4.90 Å². The maximum absolute atomic E-state index is 11.8. The number of carboxylic acids is 1. The van der Waals surface area contributed by atoms with Crippen LogP contribution in [0.3, 0.4) is 0 Å². The number of aliphatic carboxylic acids is 1. The second-order valence-corrected chi connectivity index (χ2v) is 7.29. The predicted molar refractivity (Wildman–Crippen MR) is 97.6 cm³/mol. The highest BCUT2D eigenvalue weighted by atomic mass is 32.2. The molecular weight excluding hydrogens is 318 g/mol. The maximum atomic E-state index is 11.8. The van der Waals surface area contributed by atoms with Crippen molar-refractivity contribution in [3.63, 3.8) is 0 Å². The quantitative estimate of drug-likeness (QED) is 0.849. The summed E-state index contributed by atoms with van der Waals surface area (Å²) < 4.78 is 0. The Morgan fingerprint density at radius 2 is 1.67 bits per heavy atom. The molecule has 24 heavy (non-hydrogen) atoms. The first-order valence-electron chi connectivity index (χ1n) is 8.52. The summed E-state index contributed by atoms with van der Waals surface area (Å²) in [5.74, 6) is -0.712. The molecule has 1 aliphatic heterocycles. The third-order valence-corrected chi connectivity index (χ3v) is 5.60. The van der Waals surface area contributed by atoms with E-state index >= 15 is 0 Å². The number of carbonyl (C=O) groups is 1. The molecule has 1 atom stereocenters. The molecule has 1 saturated heterocycles. The number of carboxylic acid groups (broad SMARTS) is 1. The summed E-state index contributed by atoms with van der Waals surface area (Å²) in [5.41, 5.74) is 1.12. The third kappa shape index (κ3) is 4.40. The topological polar surface area (TPSA) is 40.5 Å². The standard InChI is InChI=1S/C20H23NO2S/c22-20(23)18(21-13-7-2-8-14-21)15-16-9-5-6-12-19(16)24-17-10-3-1-4-11-17/h1,3-6,9-12,18H,2,7-8,13-15H2,(H,22,23)/t18-/m1/s1. The van der Waals surface area contributed by atoms with Crippen LogP contribution < -0.4 is 0 Å². The minimum atomic E-state index is -0.712. The van der Waals surface area contributed by atoms with Gasteiger partial charge in [0.25, 0.3) is 0 Å². The van der Waals surface area contributed by atoms with Crippen LogP contribution in [-0.4, -0.2) is 35.1 Å². The van der Waals surface area contributed by atoms with Crippen molar-refractivity contribution in [3.8, 4) is 0 Å². The second kappa shape index (κ2) is 8.36. The predicted octanol–water partition coefficient (Wildman–Crippen LogP) is 4.32. The van der Waals surface area contributed by atoms with Crippen molar-refractivity contribution in [2.24, 2.45) is 0 Å². The van der Waals surface area contributed by atoms with Gasteiger partial charge in [0.15, 0.2) is 0 Å². The van der Waals surface area contributed by atoms with Gasteiger partial charge in [-0.05, 0) is 56.1 Å². The normalized spacial score (nSPS) is 16.7. The highest BCUT2D eigenvalue weighted by Crippen LogP contribution is 2.31. The molecule has 1 N–H and O–H groups in total. The van der Waals surface area contributed by atoms with Crippen molar-refractivity contribution in [2.45, 2.75) is 41.5 Å². The number of nitrogens with zero attached hydrogens (tertiary/aromatic N) is 1. The van der Waals surface area contributed by atoms with Gasteiger partial charge < -0.3 is 5.11 Å². The van der Waals surface area contributed by atoms with Crippen LogP contribution in [0, 0.1) is 0 Å². The third-order valence-electron chi connectivity index (χ3n) is 4.47. The Bertz CT molecular complexity index is 668. The van der Waals surface area contributed by atoms with Gasteiger partial charge in [-0.25, -0.2) is 0 Å². The van der Waals surface area contributed by atoms with E-state index in [0.29, 0.717) is 6.42 Å². The van der Waals surface area contributed by atoms with Gasteiger partial charge in [0, 0.05) is 9.79 Å². The molecular formula is C20H23NO2S. The SMILES string of the molecule is O=C(O)[C@@H](Cc1ccccc1Sc1ccccc1)N1CCCCC1. The molecule has 4 heteroatoms. The van der Waals surface area contributed by atoms with Crippen molar-refractivity contribution >= 4 is 17.7 Å². The van der Waals surface area contributed by atoms with E-state index in [4.69, 9.17) is 0 Å². The molecule has 2 aromatic rings. The molecule has 0 bridgehead atoms. The van der Waals surface area contributed by atoms with E-state index in [0.717, 1.165) is 36.4 Å². The molecule has 0 saturated carbocycles. The molecule has 0 aromatic heterocycles. The first-order valence-corrected chi connectivity index (χ1v) is 9.33. The van der Waals surface area contributed by atoms with E-state index in [1.165, 1.54) is 11.3 Å². The largest absolute Gasteiger partial charge is 0.480 e. The van der Waals surface area contributed by atoms with E-state index in [1.54, 1.807) is 11.8 Å². The zero-order valence-corrected chi connectivity index (χ0v) is 14.5. The summed E-state index contributed by atoms with van der Waals surface area (Å²) in [5, 5.41) is 9.72. The lowest BCUT2D eigenvalue weighted by molar-refractivity contribution is -0.143. The van der Waals surface area contributed by atoms with Gasteiger partial charge in [0.1, 0.15) is 6.04 Å². The molecule has 0 spiro atoms. The lowest BCUT2D eigenvalue weighted by Gasteiger charge is -2.32. The summed E-state index contributed by atoms with van der Waals surface area (Å²) in [7, 11) is 0. The van der Waals surface area contributed by atoms with E-state index in [2.05, 4.69) is 29.2 Å². The van der Waals surface area contributed by atoms with Crippen LogP contribution in [0.15, 0.2) is 64.4 Å². The summed E-state index contributed by atoms with van der Waals surface area (Å²) in [6, 6.07) is 18.0. The van der Waals surface area contributed by atoms with Crippen LogP contribution >= 0.6 is 11.8 Å². The minimum Gasteiger partial charge on any atom is -0.480 e. The molecule has 0 unspecified atom stereocenters. The van der Waals surface area contributed by atoms with Gasteiger partial charge in [0.05, 0.1) is 0 Å². The Kier molecular flexibility index (Phi) is 5.94. The van der Waals surface area contributed by atoms with Gasteiger partial charge in [0.2, 0.25) is 0 Å². The van der Waals surface area contributed by atoms with Crippen molar-refractivity contribution in [1.29, 1.82) is 0 Å². The zero-order chi connectivity index (χ0) is 16.8. The summed E-state index contributed by atoms with van der Waals surface area (Å²) in [6.07, 6.45) is 3.98. The Balaban J connectivity index is 1.79. The van der Waals surface area contributed by atoms with E-state index < -0.39 is 12.0 Å². The Labute approximate surface area is 147 Å². The number of rotatable bonds is 6. The highest BCUT2D eigenvalue weighted by Gasteiger charge is 2.27. The number of likely N-dealkylation sites (tertiary alicyclic amines) is 1.